The summed E-state index contributed by atoms with van der Waals surface area (Å²) >= 11 is 0. The SMILES string of the molecule is Cc1noc(C)c1NC(=O)Nc1ccc2c(c1)C(=O)N([C@@H](C)CO)C[C@H](C)[C@H](CN(C)S(=O)(=O)c1ccc(F)cc1)OCCCC[C@H](C)O2. The lowest BCUT2D eigenvalue weighted by Gasteiger charge is -2.35. The number of anilines is 2. The molecule has 3 N–H and O–H groups in total. The van der Waals surface area contributed by atoms with E-state index in [1.54, 1.807) is 32.9 Å². The minimum Gasteiger partial charge on any atom is -0.490 e. The number of aliphatic hydroxyl groups excluding tert-OH is 1. The molecule has 4 rings (SSSR count). The summed E-state index contributed by atoms with van der Waals surface area (Å²) in [5.74, 6) is -0.617. The molecular formula is C34H46FN5O8S. The summed E-state index contributed by atoms with van der Waals surface area (Å²) in [6, 6.07) is 8.22. The van der Waals surface area contributed by atoms with Gasteiger partial charge in [0.1, 0.15) is 22.9 Å². The Labute approximate surface area is 286 Å². The maximum Gasteiger partial charge on any atom is 0.323 e. The van der Waals surface area contributed by atoms with Crippen molar-refractivity contribution >= 4 is 33.3 Å². The van der Waals surface area contributed by atoms with E-state index in [1.807, 2.05) is 13.8 Å². The van der Waals surface area contributed by atoms with Crippen LogP contribution in [0.3, 0.4) is 0 Å². The molecule has 3 amide bonds. The Bertz CT molecular complexity index is 1680. The molecule has 0 fully saturated rings. The number of fused-ring (bicyclic) bond motifs is 1. The summed E-state index contributed by atoms with van der Waals surface area (Å²) in [6.07, 6.45) is 1.22. The first-order valence-corrected chi connectivity index (χ1v) is 17.7. The Hall–Kier alpha value is -4.05. The van der Waals surface area contributed by atoms with Gasteiger partial charge in [0.15, 0.2) is 5.76 Å². The van der Waals surface area contributed by atoms with Crippen LogP contribution in [0.5, 0.6) is 5.75 Å². The summed E-state index contributed by atoms with van der Waals surface area (Å²) < 4.78 is 59.0. The Kier molecular flexibility index (Phi) is 12.8. The first kappa shape index (κ1) is 37.8. The number of ether oxygens (including phenoxy) is 2. The molecule has 0 unspecified atom stereocenters. The summed E-state index contributed by atoms with van der Waals surface area (Å²) in [4.78, 5) is 28.7. The standard InChI is InChI=1S/C34H46FN5O8S/c1-21-18-40(22(2)20-41)33(42)29-17-27(36-34(43)37-32-24(4)38-48-25(32)5)12-15-30(29)47-23(3)9-7-8-16-46-31(21)19-39(6)49(44,45)28-13-10-26(35)11-14-28/h10-15,17,21-23,31,41H,7-9,16,18-20H2,1-6H3,(H2,36,37,43)/t21-,22-,23-,31-/m0/s1. The van der Waals surface area contributed by atoms with Crippen molar-refractivity contribution in [2.45, 2.75) is 77.0 Å². The predicted molar refractivity (Wildman–Crippen MR) is 182 cm³/mol. The van der Waals surface area contributed by atoms with E-state index in [1.165, 1.54) is 34.5 Å². The largest absolute Gasteiger partial charge is 0.490 e. The lowest BCUT2D eigenvalue weighted by Crippen LogP contribution is -2.48. The number of aryl methyl sites for hydroxylation is 2. The number of nitrogens with one attached hydrogen (secondary N) is 2. The second-order valence-electron chi connectivity index (χ2n) is 12.5. The van der Waals surface area contributed by atoms with Gasteiger partial charge in [-0.15, -0.1) is 0 Å². The average Bonchev–Trinajstić information content (AvgIpc) is 3.38. The van der Waals surface area contributed by atoms with Crippen molar-refractivity contribution in [3.05, 3.63) is 65.3 Å². The molecule has 0 bridgehead atoms. The Morgan fingerprint density at radius 1 is 1.14 bits per heavy atom. The van der Waals surface area contributed by atoms with Crippen LogP contribution < -0.4 is 15.4 Å². The molecule has 0 saturated heterocycles. The number of nitrogens with zero attached hydrogens (tertiary/aromatic N) is 3. The highest BCUT2D eigenvalue weighted by Gasteiger charge is 2.32. The number of carbonyl (C=O) groups excluding carboxylic acids is 2. The van der Waals surface area contributed by atoms with Crippen LogP contribution in [-0.4, -0.2) is 91.4 Å². The Morgan fingerprint density at radius 3 is 2.51 bits per heavy atom. The number of aromatic nitrogens is 1. The van der Waals surface area contributed by atoms with E-state index in [0.717, 1.165) is 18.6 Å². The highest BCUT2D eigenvalue weighted by molar-refractivity contribution is 7.89. The van der Waals surface area contributed by atoms with Crippen LogP contribution in [0.15, 0.2) is 51.9 Å². The Morgan fingerprint density at radius 2 is 1.86 bits per heavy atom. The van der Waals surface area contributed by atoms with Gasteiger partial charge in [-0.05, 0) is 89.4 Å². The average molecular weight is 704 g/mol. The number of benzene rings is 2. The molecule has 1 aromatic heterocycles. The van der Waals surface area contributed by atoms with Gasteiger partial charge in [0.2, 0.25) is 10.0 Å². The normalized spacial score (nSPS) is 20.2. The molecule has 15 heteroatoms. The minimum atomic E-state index is -3.97. The molecule has 268 valence electrons. The van der Waals surface area contributed by atoms with Crippen LogP contribution in [0.1, 0.15) is 61.8 Å². The summed E-state index contributed by atoms with van der Waals surface area (Å²) in [5, 5.41) is 19.5. The molecule has 1 aliphatic rings. The number of sulfonamides is 1. The van der Waals surface area contributed by atoms with Crippen LogP contribution in [0.4, 0.5) is 20.6 Å². The topological polar surface area (TPSA) is 164 Å². The van der Waals surface area contributed by atoms with Crippen molar-refractivity contribution < 1.29 is 41.5 Å². The third-order valence-corrected chi connectivity index (χ3v) is 10.4. The molecule has 0 spiro atoms. The number of halogens is 1. The van der Waals surface area contributed by atoms with Gasteiger partial charge in [-0.2, -0.15) is 4.31 Å². The molecule has 0 saturated carbocycles. The van der Waals surface area contributed by atoms with Gasteiger partial charge in [-0.25, -0.2) is 17.6 Å². The lowest BCUT2D eigenvalue weighted by atomic mass is 10.0. The number of hydrogen-bond acceptors (Lipinski definition) is 9. The summed E-state index contributed by atoms with van der Waals surface area (Å²) in [5.41, 5.74) is 1.46. The second kappa shape index (κ2) is 16.6. The van der Waals surface area contributed by atoms with E-state index in [0.29, 0.717) is 48.0 Å². The fourth-order valence-corrected chi connectivity index (χ4v) is 6.72. The number of amides is 3. The molecule has 1 aliphatic heterocycles. The molecule has 0 aliphatic carbocycles. The maximum absolute atomic E-state index is 14.4. The summed E-state index contributed by atoms with van der Waals surface area (Å²) in [6.45, 7) is 8.94. The van der Waals surface area contributed by atoms with Gasteiger partial charge >= 0.3 is 6.03 Å². The summed E-state index contributed by atoms with van der Waals surface area (Å²) in [7, 11) is -2.53. The number of aliphatic hydroxyl groups is 1. The second-order valence-corrected chi connectivity index (χ2v) is 14.6. The number of rotatable bonds is 8. The van der Waals surface area contributed by atoms with Gasteiger partial charge < -0.3 is 34.6 Å². The molecule has 3 aromatic rings. The molecule has 2 aromatic carbocycles. The predicted octanol–water partition coefficient (Wildman–Crippen LogP) is 5.19. The third kappa shape index (κ3) is 9.56. The van der Waals surface area contributed by atoms with Crippen molar-refractivity contribution in [2.24, 2.45) is 5.92 Å². The van der Waals surface area contributed by atoms with E-state index in [4.69, 9.17) is 14.0 Å². The highest BCUT2D eigenvalue weighted by atomic mass is 32.2. The van der Waals surface area contributed by atoms with Crippen LogP contribution >= 0.6 is 0 Å². The van der Waals surface area contributed by atoms with Crippen LogP contribution in [0, 0.1) is 25.6 Å². The van der Waals surface area contributed by atoms with Crippen LogP contribution in [0.25, 0.3) is 0 Å². The fraction of sp³-hybridized carbons (Fsp3) is 0.500. The monoisotopic (exact) mass is 703 g/mol. The van der Waals surface area contributed by atoms with Crippen molar-refractivity contribution in [1.82, 2.24) is 14.4 Å². The Balaban J connectivity index is 1.63. The first-order chi connectivity index (χ1) is 23.2. The zero-order chi connectivity index (χ0) is 35.9. The van der Waals surface area contributed by atoms with E-state index in [9.17, 15) is 27.5 Å². The quantitative estimate of drug-likeness (QED) is 0.287. The minimum absolute atomic E-state index is 0.0270. The smallest absolute Gasteiger partial charge is 0.323 e. The maximum atomic E-state index is 14.4. The van der Waals surface area contributed by atoms with Gasteiger partial charge in [0, 0.05) is 38.3 Å². The van der Waals surface area contributed by atoms with E-state index < -0.39 is 45.8 Å². The number of urea groups is 1. The van der Waals surface area contributed by atoms with Crippen molar-refractivity contribution in [3.8, 4) is 5.75 Å². The highest BCUT2D eigenvalue weighted by Crippen LogP contribution is 2.29. The molecule has 2 heterocycles. The van der Waals surface area contributed by atoms with Crippen molar-refractivity contribution in [3.63, 3.8) is 0 Å². The number of hydrogen-bond donors (Lipinski definition) is 3. The molecular weight excluding hydrogens is 657 g/mol. The molecule has 4 atom stereocenters. The third-order valence-electron chi connectivity index (χ3n) is 8.54. The number of carbonyl (C=O) groups is 2. The van der Waals surface area contributed by atoms with Gasteiger partial charge in [0.05, 0.1) is 35.3 Å². The molecule has 49 heavy (non-hydrogen) atoms. The van der Waals surface area contributed by atoms with Crippen molar-refractivity contribution in [1.29, 1.82) is 0 Å². The van der Waals surface area contributed by atoms with E-state index in [-0.39, 0.29) is 36.3 Å². The zero-order valence-electron chi connectivity index (χ0n) is 28.7. The van der Waals surface area contributed by atoms with Gasteiger partial charge in [-0.3, -0.25) is 4.79 Å². The molecule has 13 nitrogen and oxygen atoms in total. The fourth-order valence-electron chi connectivity index (χ4n) is 5.54. The van der Waals surface area contributed by atoms with E-state index in [2.05, 4.69) is 15.8 Å². The molecule has 0 radical (unpaired) electrons. The van der Waals surface area contributed by atoms with Crippen molar-refractivity contribution in [2.75, 3.05) is 44.0 Å². The van der Waals surface area contributed by atoms with Crippen LogP contribution in [-0.2, 0) is 14.8 Å². The van der Waals surface area contributed by atoms with Gasteiger partial charge in [0.25, 0.3) is 5.91 Å². The lowest BCUT2D eigenvalue weighted by molar-refractivity contribution is -0.00834. The van der Waals surface area contributed by atoms with Crippen LogP contribution in [0.2, 0.25) is 0 Å². The van der Waals surface area contributed by atoms with E-state index >= 15 is 0 Å². The zero-order valence-corrected chi connectivity index (χ0v) is 29.5. The van der Waals surface area contributed by atoms with Gasteiger partial charge in [-0.1, -0.05) is 12.1 Å². The number of likely N-dealkylation sites (N-methyl/N-ethyl adjacent to an activating group) is 1. The first-order valence-electron chi connectivity index (χ1n) is 16.3.